The number of morpholine rings is 1. The lowest BCUT2D eigenvalue weighted by Crippen LogP contribution is -2.42. The average Bonchev–Trinajstić information content (AvgIpc) is 3.09. The first kappa shape index (κ1) is 12.6. The van der Waals surface area contributed by atoms with Crippen molar-refractivity contribution in [3.8, 4) is 0 Å². The molecule has 2 atom stereocenters. The van der Waals surface area contributed by atoms with Gasteiger partial charge in [-0.3, -0.25) is 19.7 Å². The van der Waals surface area contributed by atoms with Gasteiger partial charge in [-0.1, -0.05) is 0 Å². The predicted molar refractivity (Wildman–Crippen MR) is 67.9 cm³/mol. The summed E-state index contributed by atoms with van der Waals surface area (Å²) >= 11 is 0. The Labute approximate surface area is 111 Å². The van der Waals surface area contributed by atoms with Crippen molar-refractivity contribution < 1.29 is 9.66 Å². The lowest BCUT2D eigenvalue weighted by Gasteiger charge is -2.32. The van der Waals surface area contributed by atoms with Crippen molar-refractivity contribution in [1.29, 1.82) is 0 Å². The number of ether oxygens (including phenoxy) is 1. The van der Waals surface area contributed by atoms with Gasteiger partial charge >= 0.3 is 5.69 Å². The van der Waals surface area contributed by atoms with Crippen LogP contribution in [0.4, 0.5) is 5.69 Å². The van der Waals surface area contributed by atoms with Gasteiger partial charge in [0.15, 0.2) is 0 Å². The molecule has 0 spiro atoms. The molecule has 19 heavy (non-hydrogen) atoms. The van der Waals surface area contributed by atoms with E-state index in [0.717, 1.165) is 45.6 Å². The van der Waals surface area contributed by atoms with E-state index in [-0.39, 0.29) is 5.69 Å². The van der Waals surface area contributed by atoms with Crippen molar-refractivity contribution in [2.75, 3.05) is 26.3 Å². The molecule has 0 radical (unpaired) electrons. The molecule has 1 aromatic rings. The fourth-order valence-corrected chi connectivity index (χ4v) is 3.07. The number of hydrogen-bond donors (Lipinski definition) is 0. The van der Waals surface area contributed by atoms with Crippen LogP contribution in [0.5, 0.6) is 0 Å². The zero-order valence-corrected chi connectivity index (χ0v) is 10.8. The summed E-state index contributed by atoms with van der Waals surface area (Å²) in [5.74, 6) is 0. The van der Waals surface area contributed by atoms with Crippen LogP contribution in [0, 0.1) is 10.1 Å². The molecule has 1 aliphatic carbocycles. The summed E-state index contributed by atoms with van der Waals surface area (Å²) in [5.41, 5.74) is 0.0785. The van der Waals surface area contributed by atoms with Crippen LogP contribution in [-0.2, 0) is 4.74 Å². The predicted octanol–water partition coefficient (Wildman–Crippen LogP) is 1.22. The van der Waals surface area contributed by atoms with Crippen LogP contribution in [-0.4, -0.2) is 51.9 Å². The zero-order chi connectivity index (χ0) is 13.2. The molecule has 104 valence electrons. The lowest BCUT2D eigenvalue weighted by atomic mass is 10.2. The van der Waals surface area contributed by atoms with Gasteiger partial charge in [-0.25, -0.2) is 0 Å². The highest BCUT2D eigenvalue weighted by atomic mass is 16.6. The second kappa shape index (κ2) is 5.26. The van der Waals surface area contributed by atoms with Crippen LogP contribution >= 0.6 is 0 Å². The van der Waals surface area contributed by atoms with E-state index in [1.807, 2.05) is 0 Å². The SMILES string of the molecule is O=[N+]([O-])c1cnn([C@H]2CC[C@H](N3CCOCC3)C2)c1. The summed E-state index contributed by atoms with van der Waals surface area (Å²) < 4.78 is 7.13. The maximum Gasteiger partial charge on any atom is 0.307 e. The molecular formula is C12H18N4O3. The Morgan fingerprint density at radius 3 is 2.74 bits per heavy atom. The molecule has 0 aromatic carbocycles. The third-order valence-electron chi connectivity index (χ3n) is 4.11. The van der Waals surface area contributed by atoms with E-state index in [0.29, 0.717) is 12.1 Å². The van der Waals surface area contributed by atoms with E-state index in [4.69, 9.17) is 4.74 Å². The Bertz CT molecular complexity index is 456. The third-order valence-corrected chi connectivity index (χ3v) is 4.11. The molecule has 1 saturated carbocycles. The maximum absolute atomic E-state index is 10.7. The normalized spacial score (nSPS) is 28.6. The molecule has 0 N–H and O–H groups in total. The summed E-state index contributed by atoms with van der Waals surface area (Å²) in [6.45, 7) is 3.62. The van der Waals surface area contributed by atoms with Crippen molar-refractivity contribution in [1.82, 2.24) is 14.7 Å². The fourth-order valence-electron chi connectivity index (χ4n) is 3.07. The zero-order valence-electron chi connectivity index (χ0n) is 10.8. The molecule has 1 saturated heterocycles. The smallest absolute Gasteiger partial charge is 0.307 e. The highest BCUT2D eigenvalue weighted by Gasteiger charge is 2.31. The summed E-state index contributed by atoms with van der Waals surface area (Å²) in [5, 5.41) is 14.8. The first-order valence-corrected chi connectivity index (χ1v) is 6.74. The van der Waals surface area contributed by atoms with Crippen molar-refractivity contribution in [3.05, 3.63) is 22.5 Å². The summed E-state index contributed by atoms with van der Waals surface area (Å²) in [6.07, 6.45) is 6.09. The minimum absolute atomic E-state index is 0.0785. The van der Waals surface area contributed by atoms with Crippen LogP contribution in [0.25, 0.3) is 0 Å². The van der Waals surface area contributed by atoms with E-state index >= 15 is 0 Å². The van der Waals surface area contributed by atoms with Gasteiger partial charge < -0.3 is 4.74 Å². The molecule has 0 amide bonds. The Hall–Kier alpha value is -1.47. The van der Waals surface area contributed by atoms with Crippen LogP contribution < -0.4 is 0 Å². The molecule has 2 aliphatic rings. The number of aromatic nitrogens is 2. The largest absolute Gasteiger partial charge is 0.379 e. The molecular weight excluding hydrogens is 248 g/mol. The second-order valence-electron chi connectivity index (χ2n) is 5.20. The number of hydrogen-bond acceptors (Lipinski definition) is 5. The number of nitrogens with zero attached hydrogens (tertiary/aromatic N) is 4. The number of rotatable bonds is 3. The van der Waals surface area contributed by atoms with Gasteiger partial charge in [0, 0.05) is 19.1 Å². The monoisotopic (exact) mass is 266 g/mol. The van der Waals surface area contributed by atoms with Crippen molar-refractivity contribution >= 4 is 5.69 Å². The summed E-state index contributed by atoms with van der Waals surface area (Å²) in [7, 11) is 0. The molecule has 7 nitrogen and oxygen atoms in total. The van der Waals surface area contributed by atoms with E-state index in [2.05, 4.69) is 10.00 Å². The van der Waals surface area contributed by atoms with Gasteiger partial charge in [0.05, 0.1) is 24.2 Å². The molecule has 3 rings (SSSR count). The van der Waals surface area contributed by atoms with Gasteiger partial charge in [-0.2, -0.15) is 5.10 Å². The Morgan fingerprint density at radius 2 is 2.05 bits per heavy atom. The molecule has 2 fully saturated rings. The second-order valence-corrected chi connectivity index (χ2v) is 5.20. The van der Waals surface area contributed by atoms with E-state index in [1.165, 1.54) is 6.20 Å². The van der Waals surface area contributed by atoms with E-state index in [9.17, 15) is 10.1 Å². The molecule has 0 unspecified atom stereocenters. The molecule has 1 aromatic heterocycles. The minimum Gasteiger partial charge on any atom is -0.379 e. The Kier molecular flexibility index (Phi) is 3.48. The quantitative estimate of drug-likeness (QED) is 0.607. The molecule has 1 aliphatic heterocycles. The van der Waals surface area contributed by atoms with Crippen molar-refractivity contribution in [2.24, 2.45) is 0 Å². The highest BCUT2D eigenvalue weighted by molar-refractivity contribution is 5.21. The van der Waals surface area contributed by atoms with Gasteiger partial charge in [0.2, 0.25) is 0 Å². The van der Waals surface area contributed by atoms with Gasteiger partial charge in [0.25, 0.3) is 0 Å². The number of nitro groups is 1. The van der Waals surface area contributed by atoms with E-state index in [1.54, 1.807) is 10.9 Å². The van der Waals surface area contributed by atoms with Crippen molar-refractivity contribution in [3.63, 3.8) is 0 Å². The standard InChI is InChI=1S/C12H18N4O3/c17-16(18)12-8-13-15(9-12)11-2-1-10(7-11)14-3-5-19-6-4-14/h8-11H,1-7H2/t10-,11-/m0/s1. The molecule has 7 heteroatoms. The summed E-state index contributed by atoms with van der Waals surface area (Å²) in [4.78, 5) is 12.8. The lowest BCUT2D eigenvalue weighted by molar-refractivity contribution is -0.385. The minimum atomic E-state index is -0.391. The van der Waals surface area contributed by atoms with Gasteiger partial charge in [-0.15, -0.1) is 0 Å². The fraction of sp³-hybridized carbons (Fsp3) is 0.750. The average molecular weight is 266 g/mol. The first-order chi connectivity index (χ1) is 9.24. The molecule has 0 bridgehead atoms. The van der Waals surface area contributed by atoms with Gasteiger partial charge in [-0.05, 0) is 19.3 Å². The Morgan fingerprint density at radius 1 is 1.32 bits per heavy atom. The first-order valence-electron chi connectivity index (χ1n) is 6.74. The third kappa shape index (κ3) is 2.62. The topological polar surface area (TPSA) is 73.4 Å². The van der Waals surface area contributed by atoms with Crippen LogP contribution in [0.15, 0.2) is 12.4 Å². The van der Waals surface area contributed by atoms with E-state index < -0.39 is 4.92 Å². The molecule has 2 heterocycles. The van der Waals surface area contributed by atoms with Crippen LogP contribution in [0.1, 0.15) is 25.3 Å². The van der Waals surface area contributed by atoms with Gasteiger partial charge in [0.1, 0.15) is 12.4 Å². The maximum atomic E-state index is 10.7. The van der Waals surface area contributed by atoms with Crippen LogP contribution in [0.2, 0.25) is 0 Å². The van der Waals surface area contributed by atoms with Crippen LogP contribution in [0.3, 0.4) is 0 Å². The Balaban J connectivity index is 1.62. The van der Waals surface area contributed by atoms with Crippen molar-refractivity contribution in [2.45, 2.75) is 31.3 Å². The highest BCUT2D eigenvalue weighted by Crippen LogP contribution is 2.33. The summed E-state index contributed by atoms with van der Waals surface area (Å²) in [6, 6.07) is 0.860.